The Balaban J connectivity index is 0.00000392. The van der Waals surface area contributed by atoms with Crippen molar-refractivity contribution in [3.05, 3.63) is 33.9 Å². The lowest BCUT2D eigenvalue weighted by Gasteiger charge is -2.35. The average Bonchev–Trinajstić information content (AvgIpc) is 2.60. The van der Waals surface area contributed by atoms with Crippen LogP contribution in [0.15, 0.2) is 23.1 Å². The van der Waals surface area contributed by atoms with Crippen molar-refractivity contribution in [1.29, 1.82) is 0 Å². The standard InChI is InChI=1S/C17H26N4O5S.ClH/c1-12(2)10-15(18)17(22)19-6-8-20(9-7-19)27(25,26)16-11-14(21(23)24)5-4-13(16)3;/h4-5,11-12,15H,6-10,18H2,1-3H3;1H/t15-;/m0./s1. The molecule has 28 heavy (non-hydrogen) atoms. The summed E-state index contributed by atoms with van der Waals surface area (Å²) >= 11 is 0. The van der Waals surface area contributed by atoms with Gasteiger partial charge in [0.15, 0.2) is 0 Å². The summed E-state index contributed by atoms with van der Waals surface area (Å²) in [5.41, 5.74) is 6.11. The monoisotopic (exact) mass is 434 g/mol. The number of hydrogen-bond acceptors (Lipinski definition) is 6. The number of nitrogens with two attached hydrogens (primary N) is 1. The minimum absolute atomic E-state index is 0. The van der Waals surface area contributed by atoms with Crippen LogP contribution in [0.2, 0.25) is 0 Å². The predicted molar refractivity (Wildman–Crippen MR) is 108 cm³/mol. The van der Waals surface area contributed by atoms with Crippen LogP contribution in [0.25, 0.3) is 0 Å². The Morgan fingerprint density at radius 1 is 1.25 bits per heavy atom. The molecule has 9 nitrogen and oxygen atoms in total. The first kappa shape index (κ1) is 24.3. The minimum atomic E-state index is -3.88. The summed E-state index contributed by atoms with van der Waals surface area (Å²) in [5, 5.41) is 11.0. The number of nitro groups is 1. The number of carbonyl (C=O) groups excluding carboxylic acids is 1. The molecule has 0 radical (unpaired) electrons. The summed E-state index contributed by atoms with van der Waals surface area (Å²) in [7, 11) is -3.88. The van der Waals surface area contributed by atoms with Crippen LogP contribution in [-0.4, -0.2) is 60.7 Å². The number of rotatable bonds is 6. The summed E-state index contributed by atoms with van der Waals surface area (Å²) in [4.78, 5) is 24.2. The lowest BCUT2D eigenvalue weighted by molar-refractivity contribution is -0.385. The molecule has 2 rings (SSSR count). The number of aryl methyl sites for hydroxylation is 1. The zero-order valence-electron chi connectivity index (χ0n) is 16.2. The first-order valence-corrected chi connectivity index (χ1v) is 10.3. The van der Waals surface area contributed by atoms with Gasteiger partial charge in [-0.1, -0.05) is 19.9 Å². The van der Waals surface area contributed by atoms with Crippen molar-refractivity contribution in [3.63, 3.8) is 0 Å². The summed E-state index contributed by atoms with van der Waals surface area (Å²) in [6.07, 6.45) is 0.574. The molecule has 1 aliphatic rings. The maximum absolute atomic E-state index is 12.9. The van der Waals surface area contributed by atoms with E-state index >= 15 is 0 Å². The molecule has 1 saturated heterocycles. The Labute approximate surface area is 171 Å². The van der Waals surface area contributed by atoms with Crippen molar-refractivity contribution in [2.24, 2.45) is 11.7 Å². The van der Waals surface area contributed by atoms with Gasteiger partial charge in [-0.25, -0.2) is 8.42 Å². The van der Waals surface area contributed by atoms with E-state index in [1.165, 1.54) is 16.4 Å². The van der Waals surface area contributed by atoms with Gasteiger partial charge in [0.2, 0.25) is 15.9 Å². The molecule has 1 aromatic carbocycles. The van der Waals surface area contributed by atoms with Crippen LogP contribution in [0.5, 0.6) is 0 Å². The van der Waals surface area contributed by atoms with Gasteiger partial charge in [0.25, 0.3) is 5.69 Å². The Morgan fingerprint density at radius 3 is 2.32 bits per heavy atom. The van der Waals surface area contributed by atoms with Crippen LogP contribution in [0.4, 0.5) is 5.69 Å². The fourth-order valence-corrected chi connectivity index (χ4v) is 4.78. The molecule has 0 spiro atoms. The number of nitro benzene ring substituents is 1. The van der Waals surface area contributed by atoms with Crippen LogP contribution in [0.1, 0.15) is 25.8 Å². The zero-order chi connectivity index (χ0) is 20.4. The van der Waals surface area contributed by atoms with Crippen LogP contribution in [0, 0.1) is 23.0 Å². The van der Waals surface area contributed by atoms with Gasteiger partial charge in [-0.15, -0.1) is 12.4 Å². The van der Waals surface area contributed by atoms with E-state index in [4.69, 9.17) is 5.73 Å². The normalized spacial score (nSPS) is 16.5. The Hall–Kier alpha value is -1.75. The smallest absolute Gasteiger partial charge is 0.270 e. The van der Waals surface area contributed by atoms with Crippen LogP contribution in [0.3, 0.4) is 0 Å². The molecule has 11 heteroatoms. The number of nitrogens with zero attached hydrogens (tertiary/aromatic N) is 3. The molecule has 0 aromatic heterocycles. The highest BCUT2D eigenvalue weighted by molar-refractivity contribution is 7.89. The maximum atomic E-state index is 12.9. The van der Waals surface area contributed by atoms with Gasteiger partial charge in [-0.2, -0.15) is 4.31 Å². The predicted octanol–water partition coefficient (Wildman–Crippen LogP) is 1.53. The second-order valence-electron chi connectivity index (χ2n) is 7.17. The molecule has 1 atom stereocenters. The van der Waals surface area contributed by atoms with E-state index in [9.17, 15) is 23.3 Å². The van der Waals surface area contributed by atoms with Crippen LogP contribution in [-0.2, 0) is 14.8 Å². The van der Waals surface area contributed by atoms with Gasteiger partial charge < -0.3 is 10.6 Å². The molecule has 1 aromatic rings. The lowest BCUT2D eigenvalue weighted by atomic mass is 10.0. The van der Waals surface area contributed by atoms with Gasteiger partial charge in [-0.05, 0) is 24.8 Å². The van der Waals surface area contributed by atoms with Gasteiger partial charge in [-0.3, -0.25) is 14.9 Å². The number of amides is 1. The molecule has 0 saturated carbocycles. The number of carbonyl (C=O) groups is 1. The number of piperazine rings is 1. The van der Waals surface area contributed by atoms with Crippen LogP contribution >= 0.6 is 12.4 Å². The van der Waals surface area contributed by atoms with Gasteiger partial charge >= 0.3 is 0 Å². The lowest BCUT2D eigenvalue weighted by Crippen LogP contribution is -2.54. The Bertz CT molecular complexity index is 823. The van der Waals surface area contributed by atoms with Crippen molar-refractivity contribution in [2.75, 3.05) is 26.2 Å². The minimum Gasteiger partial charge on any atom is -0.339 e. The zero-order valence-corrected chi connectivity index (χ0v) is 17.8. The maximum Gasteiger partial charge on any atom is 0.270 e. The highest BCUT2D eigenvalue weighted by Gasteiger charge is 2.33. The summed E-state index contributed by atoms with van der Waals surface area (Å²) in [6, 6.07) is 3.20. The van der Waals surface area contributed by atoms with E-state index in [2.05, 4.69) is 0 Å². The summed E-state index contributed by atoms with van der Waals surface area (Å²) < 4.78 is 27.1. The molecule has 0 bridgehead atoms. The van der Waals surface area contributed by atoms with Crippen molar-refractivity contribution >= 4 is 34.0 Å². The fraction of sp³-hybridized carbons (Fsp3) is 0.588. The third kappa shape index (κ3) is 5.40. The third-order valence-corrected chi connectivity index (χ3v) is 6.63. The Morgan fingerprint density at radius 2 is 1.82 bits per heavy atom. The highest BCUT2D eigenvalue weighted by Crippen LogP contribution is 2.25. The molecule has 0 aliphatic carbocycles. The molecule has 0 unspecified atom stereocenters. The first-order valence-electron chi connectivity index (χ1n) is 8.83. The number of halogens is 1. The van der Waals surface area contributed by atoms with Crippen molar-refractivity contribution in [3.8, 4) is 0 Å². The number of non-ortho nitro benzene ring substituents is 1. The van der Waals surface area contributed by atoms with Crippen LogP contribution < -0.4 is 5.73 Å². The summed E-state index contributed by atoms with van der Waals surface area (Å²) in [5.74, 6) is 0.120. The van der Waals surface area contributed by atoms with Gasteiger partial charge in [0.05, 0.1) is 15.9 Å². The van der Waals surface area contributed by atoms with E-state index < -0.39 is 21.0 Å². The van der Waals surface area contributed by atoms with Gasteiger partial charge in [0, 0.05) is 38.3 Å². The average molecular weight is 435 g/mol. The molecular weight excluding hydrogens is 408 g/mol. The fourth-order valence-electron chi connectivity index (χ4n) is 3.11. The topological polar surface area (TPSA) is 127 Å². The molecule has 1 heterocycles. The van der Waals surface area contributed by atoms with Crippen molar-refractivity contribution in [2.45, 2.75) is 38.1 Å². The van der Waals surface area contributed by atoms with Crippen molar-refractivity contribution < 1.29 is 18.1 Å². The molecule has 158 valence electrons. The SMILES string of the molecule is Cc1ccc([N+](=O)[O-])cc1S(=O)(=O)N1CCN(C(=O)[C@@H](N)CC(C)C)CC1.Cl. The second kappa shape index (κ2) is 9.64. The first-order chi connectivity index (χ1) is 12.5. The van der Waals surface area contributed by atoms with Crippen molar-refractivity contribution in [1.82, 2.24) is 9.21 Å². The van der Waals surface area contributed by atoms with E-state index in [1.54, 1.807) is 11.8 Å². The van der Waals surface area contributed by atoms with Gasteiger partial charge in [0.1, 0.15) is 0 Å². The quantitative estimate of drug-likeness (QED) is 0.534. The molecule has 1 aliphatic heterocycles. The Kier molecular flexibility index (Phi) is 8.36. The third-order valence-electron chi connectivity index (χ3n) is 4.59. The molecule has 1 fully saturated rings. The largest absolute Gasteiger partial charge is 0.339 e. The summed E-state index contributed by atoms with van der Waals surface area (Å²) in [6.45, 7) is 6.32. The molecule has 1 amide bonds. The second-order valence-corrected chi connectivity index (χ2v) is 9.08. The number of benzene rings is 1. The van der Waals surface area contributed by atoms with E-state index in [1.807, 2.05) is 13.8 Å². The molecular formula is C17H27ClN4O5S. The van der Waals surface area contributed by atoms with E-state index in [0.717, 1.165) is 6.07 Å². The molecule has 2 N–H and O–H groups in total. The highest BCUT2D eigenvalue weighted by atomic mass is 35.5. The number of hydrogen-bond donors (Lipinski definition) is 1. The van der Waals surface area contributed by atoms with E-state index in [0.29, 0.717) is 17.9 Å². The number of sulfonamides is 1. The van der Waals surface area contributed by atoms with E-state index in [-0.39, 0.29) is 55.1 Å².